The van der Waals surface area contributed by atoms with Crippen LogP contribution in [0, 0.1) is 0 Å². The Kier molecular flexibility index (Phi) is 10.9. The fourth-order valence-electron chi connectivity index (χ4n) is 2.54. The van der Waals surface area contributed by atoms with E-state index in [9.17, 15) is 19.5 Å². The Morgan fingerprint density at radius 2 is 1.41 bits per heavy atom. The molecule has 1 atom stereocenters. The van der Waals surface area contributed by atoms with Gasteiger partial charge in [-0.15, -0.1) is 0 Å². The van der Waals surface area contributed by atoms with Gasteiger partial charge in [-0.25, -0.2) is 9.59 Å². The SMILES string of the molecule is CC(C)(C)OC(=O)N1CCC(=O)C1.CC1(O)CCN(C(=O)OC(C)(C)C)C1.CI. The monoisotopic (exact) mass is 528 g/mol. The van der Waals surface area contributed by atoms with Crippen LogP contribution in [0.15, 0.2) is 0 Å². The van der Waals surface area contributed by atoms with Crippen molar-refractivity contribution in [2.75, 3.05) is 31.1 Å². The molecule has 0 aliphatic carbocycles. The standard InChI is InChI=1S/C10H19NO3.C9H15NO3.CH3I/c1-9(2,3)14-8(12)11-6-5-10(4,13)7-11;1-9(2,3)13-8(12)10-5-4-7(11)6-10;1-2/h13H,5-7H2,1-4H3;4-6H2,1-3H3;1H3. The lowest BCUT2D eigenvalue weighted by Gasteiger charge is -2.25. The number of carbonyl (C=O) groups is 3. The summed E-state index contributed by atoms with van der Waals surface area (Å²) in [4.78, 5) is 38.7. The van der Waals surface area contributed by atoms with Gasteiger partial charge in [0, 0.05) is 19.5 Å². The van der Waals surface area contributed by atoms with E-state index in [4.69, 9.17) is 9.47 Å². The number of rotatable bonds is 0. The lowest BCUT2D eigenvalue weighted by Crippen LogP contribution is -2.37. The smallest absolute Gasteiger partial charge is 0.410 e. The van der Waals surface area contributed by atoms with Crippen molar-refractivity contribution in [3.05, 3.63) is 0 Å². The van der Waals surface area contributed by atoms with Gasteiger partial charge in [0.1, 0.15) is 11.2 Å². The van der Waals surface area contributed by atoms with Crippen LogP contribution < -0.4 is 0 Å². The minimum atomic E-state index is -0.753. The minimum absolute atomic E-state index is 0.103. The summed E-state index contributed by atoms with van der Waals surface area (Å²) in [6.07, 6.45) is 0.347. The van der Waals surface area contributed by atoms with Crippen LogP contribution in [0.5, 0.6) is 0 Å². The maximum Gasteiger partial charge on any atom is 0.410 e. The molecular weight excluding hydrogens is 491 g/mol. The Bertz CT molecular complexity index is 566. The molecule has 0 aromatic carbocycles. The van der Waals surface area contributed by atoms with Crippen LogP contribution >= 0.6 is 22.6 Å². The van der Waals surface area contributed by atoms with Crippen molar-refractivity contribution in [2.45, 2.75) is 78.1 Å². The van der Waals surface area contributed by atoms with Gasteiger partial charge >= 0.3 is 12.2 Å². The van der Waals surface area contributed by atoms with Crippen LogP contribution in [0.25, 0.3) is 0 Å². The van der Waals surface area contributed by atoms with Gasteiger partial charge in [-0.05, 0) is 59.8 Å². The summed E-state index contributed by atoms with van der Waals surface area (Å²) >= 11 is 2.15. The van der Waals surface area contributed by atoms with E-state index in [0.29, 0.717) is 32.5 Å². The molecule has 2 aliphatic rings. The maximum absolute atomic E-state index is 11.5. The number of ether oxygens (including phenoxy) is 2. The van der Waals surface area contributed by atoms with Gasteiger partial charge in [0.15, 0.2) is 5.78 Å². The Hall–Kier alpha value is -1.10. The summed E-state index contributed by atoms with van der Waals surface area (Å²) in [6, 6.07) is 0. The first-order chi connectivity index (χ1) is 13.1. The molecule has 2 amide bonds. The average molecular weight is 528 g/mol. The number of amides is 2. The van der Waals surface area contributed by atoms with Gasteiger partial charge in [-0.1, -0.05) is 22.6 Å². The highest BCUT2D eigenvalue weighted by Gasteiger charge is 2.36. The fourth-order valence-corrected chi connectivity index (χ4v) is 2.54. The van der Waals surface area contributed by atoms with E-state index in [1.165, 1.54) is 4.90 Å². The lowest BCUT2D eigenvalue weighted by atomic mass is 10.1. The second-order valence-electron chi connectivity index (χ2n) is 9.34. The normalized spacial score (nSPS) is 21.7. The molecular formula is C20H37IN2O6. The molecule has 9 heteroatoms. The van der Waals surface area contributed by atoms with Crippen molar-refractivity contribution in [2.24, 2.45) is 0 Å². The minimum Gasteiger partial charge on any atom is -0.444 e. The summed E-state index contributed by atoms with van der Waals surface area (Å²) < 4.78 is 10.3. The zero-order valence-corrected chi connectivity index (χ0v) is 21.2. The second kappa shape index (κ2) is 11.3. The predicted molar refractivity (Wildman–Crippen MR) is 120 cm³/mol. The molecule has 0 aromatic rings. The van der Waals surface area contributed by atoms with Crippen molar-refractivity contribution < 1.29 is 29.0 Å². The third-order valence-electron chi connectivity index (χ3n) is 3.78. The molecule has 1 N–H and O–H groups in total. The molecule has 0 bridgehead atoms. The molecule has 1 unspecified atom stereocenters. The highest BCUT2D eigenvalue weighted by molar-refractivity contribution is 14.1. The number of hydrogen-bond donors (Lipinski definition) is 1. The van der Waals surface area contributed by atoms with Gasteiger partial charge in [-0.2, -0.15) is 0 Å². The molecule has 0 radical (unpaired) electrons. The number of likely N-dealkylation sites (tertiary alicyclic amines) is 2. The topological polar surface area (TPSA) is 96.4 Å². The summed E-state index contributed by atoms with van der Waals surface area (Å²) in [5.41, 5.74) is -1.70. The first-order valence-electron chi connectivity index (χ1n) is 9.66. The van der Waals surface area contributed by atoms with Crippen molar-refractivity contribution in [3.8, 4) is 0 Å². The third kappa shape index (κ3) is 12.2. The molecule has 2 aliphatic heterocycles. The molecule has 0 aromatic heterocycles. The number of nitrogens with zero attached hydrogens (tertiary/aromatic N) is 2. The van der Waals surface area contributed by atoms with E-state index in [2.05, 4.69) is 22.6 Å². The van der Waals surface area contributed by atoms with Crippen LogP contribution in [0.1, 0.15) is 61.3 Å². The third-order valence-corrected chi connectivity index (χ3v) is 3.78. The van der Waals surface area contributed by atoms with E-state index in [1.807, 2.05) is 46.5 Å². The molecule has 2 fully saturated rings. The number of alkyl halides is 1. The Morgan fingerprint density at radius 1 is 0.966 bits per heavy atom. The Morgan fingerprint density at radius 3 is 1.72 bits per heavy atom. The number of carbonyl (C=O) groups excluding carboxylic acids is 3. The van der Waals surface area contributed by atoms with Gasteiger partial charge in [-0.3, -0.25) is 4.79 Å². The largest absolute Gasteiger partial charge is 0.444 e. The molecule has 8 nitrogen and oxygen atoms in total. The van der Waals surface area contributed by atoms with Crippen molar-refractivity contribution >= 4 is 40.6 Å². The lowest BCUT2D eigenvalue weighted by molar-refractivity contribution is -0.116. The van der Waals surface area contributed by atoms with Gasteiger partial charge in [0.2, 0.25) is 0 Å². The Balaban J connectivity index is 0.000000499. The van der Waals surface area contributed by atoms with Gasteiger partial charge in [0.05, 0.1) is 18.7 Å². The summed E-state index contributed by atoms with van der Waals surface area (Å²) in [7, 11) is 0. The molecule has 2 rings (SSSR count). The van der Waals surface area contributed by atoms with Crippen molar-refractivity contribution in [3.63, 3.8) is 0 Å². The number of β-amino-alcohol motifs (C(OH)–C–C–N with tert-alkyl or cyclic N) is 1. The van der Waals surface area contributed by atoms with Crippen LogP contribution in [-0.4, -0.2) is 80.8 Å². The second-order valence-corrected chi connectivity index (χ2v) is 9.34. The number of Topliss-reactive ketones (excluding diaryl/α,β-unsaturated/α-hetero) is 1. The maximum atomic E-state index is 11.5. The molecule has 0 spiro atoms. The highest BCUT2D eigenvalue weighted by atomic mass is 127. The molecule has 29 heavy (non-hydrogen) atoms. The number of aliphatic hydroxyl groups is 1. The molecule has 2 heterocycles. The van der Waals surface area contributed by atoms with Crippen LogP contribution in [0.3, 0.4) is 0 Å². The van der Waals surface area contributed by atoms with Crippen LogP contribution in [-0.2, 0) is 14.3 Å². The highest BCUT2D eigenvalue weighted by Crippen LogP contribution is 2.22. The Labute approximate surface area is 188 Å². The van der Waals surface area contributed by atoms with Crippen LogP contribution in [0.2, 0.25) is 0 Å². The number of halogens is 1. The molecule has 0 saturated carbocycles. The fraction of sp³-hybridized carbons (Fsp3) is 0.850. The van der Waals surface area contributed by atoms with E-state index in [1.54, 1.807) is 11.8 Å². The summed E-state index contributed by atoms with van der Waals surface area (Å²) in [6.45, 7) is 14.3. The zero-order chi connectivity index (χ0) is 23.0. The van der Waals surface area contributed by atoms with Gasteiger partial charge < -0.3 is 24.4 Å². The number of hydrogen-bond acceptors (Lipinski definition) is 6. The first kappa shape index (κ1) is 27.9. The average Bonchev–Trinajstić information content (AvgIpc) is 3.12. The van der Waals surface area contributed by atoms with E-state index in [0.717, 1.165) is 0 Å². The first-order valence-corrected chi connectivity index (χ1v) is 11.8. The van der Waals surface area contributed by atoms with Gasteiger partial charge in [0.25, 0.3) is 0 Å². The predicted octanol–water partition coefficient (Wildman–Crippen LogP) is 3.63. The molecule has 2 saturated heterocycles. The number of ketones is 1. The zero-order valence-electron chi connectivity index (χ0n) is 19.0. The van der Waals surface area contributed by atoms with Crippen molar-refractivity contribution in [1.82, 2.24) is 9.80 Å². The summed E-state index contributed by atoms with van der Waals surface area (Å²) in [5, 5.41) is 9.66. The van der Waals surface area contributed by atoms with E-state index in [-0.39, 0.29) is 18.4 Å². The summed E-state index contributed by atoms with van der Waals surface area (Å²) in [5.74, 6) is 0.103. The van der Waals surface area contributed by atoms with Crippen LogP contribution in [0.4, 0.5) is 9.59 Å². The van der Waals surface area contributed by atoms with E-state index >= 15 is 0 Å². The van der Waals surface area contributed by atoms with E-state index < -0.39 is 22.9 Å². The van der Waals surface area contributed by atoms with Crippen molar-refractivity contribution in [1.29, 1.82) is 0 Å². The quantitative estimate of drug-likeness (QED) is 0.381. The molecule has 170 valence electrons.